The van der Waals surface area contributed by atoms with Crippen molar-refractivity contribution in [3.05, 3.63) is 58.5 Å². The number of nitrogens with zero attached hydrogens (tertiary/aromatic N) is 2. The first kappa shape index (κ1) is 10.5. The Kier molecular flexibility index (Phi) is 2.64. The molecule has 3 aromatic rings. The normalized spacial score (nSPS) is 13.0. The lowest BCUT2D eigenvalue weighted by molar-refractivity contribution is 0.650. The molecule has 0 radical (unpaired) electrons. The van der Waals surface area contributed by atoms with Gasteiger partial charge in [-0.2, -0.15) is 5.10 Å². The van der Waals surface area contributed by atoms with Crippen LogP contribution in [-0.4, -0.2) is 9.61 Å². The smallest absolute Gasteiger partial charge is 0.0839 e. The summed E-state index contributed by atoms with van der Waals surface area (Å²) in [5.41, 5.74) is 5.02. The highest BCUT2D eigenvalue weighted by Crippen LogP contribution is 2.27. The zero-order valence-electron chi connectivity index (χ0n) is 9.08. The Balaban J connectivity index is 2.13. The van der Waals surface area contributed by atoms with Gasteiger partial charge in [0, 0.05) is 16.6 Å². The van der Waals surface area contributed by atoms with Crippen LogP contribution < -0.4 is 11.3 Å². The summed E-state index contributed by atoms with van der Waals surface area (Å²) >= 11 is 1.68. The van der Waals surface area contributed by atoms with Gasteiger partial charge in [-0.3, -0.25) is 5.84 Å². The second-order valence-electron chi connectivity index (χ2n) is 3.75. The van der Waals surface area contributed by atoms with Crippen LogP contribution in [0.3, 0.4) is 0 Å². The van der Waals surface area contributed by atoms with Crippen LogP contribution in [-0.2, 0) is 0 Å². The van der Waals surface area contributed by atoms with Gasteiger partial charge in [0.2, 0.25) is 0 Å². The summed E-state index contributed by atoms with van der Waals surface area (Å²) in [6, 6.07) is 10.1. The van der Waals surface area contributed by atoms with E-state index in [9.17, 15) is 0 Å². The van der Waals surface area contributed by atoms with E-state index < -0.39 is 0 Å². The van der Waals surface area contributed by atoms with Gasteiger partial charge < -0.3 is 0 Å². The first-order valence-corrected chi connectivity index (χ1v) is 6.20. The lowest BCUT2D eigenvalue weighted by atomic mass is 10.1. The molecule has 17 heavy (non-hydrogen) atoms. The van der Waals surface area contributed by atoms with Crippen LogP contribution in [0.25, 0.3) is 5.52 Å². The number of nitrogens with one attached hydrogen (secondary N) is 1. The SMILES string of the molecule is NNC(c1cccs1)c1cnn2ccccc12. The largest absolute Gasteiger partial charge is 0.271 e. The van der Waals surface area contributed by atoms with Crippen LogP contribution in [0.4, 0.5) is 0 Å². The molecule has 4 nitrogen and oxygen atoms in total. The number of rotatable bonds is 3. The van der Waals surface area contributed by atoms with E-state index in [1.807, 2.05) is 46.6 Å². The lowest BCUT2D eigenvalue weighted by Crippen LogP contribution is -2.28. The molecule has 0 amide bonds. The predicted octanol–water partition coefficient (Wildman–Crippen LogP) is 1.95. The van der Waals surface area contributed by atoms with Crippen molar-refractivity contribution in [3.63, 3.8) is 0 Å². The summed E-state index contributed by atoms with van der Waals surface area (Å²) in [4.78, 5) is 1.19. The quantitative estimate of drug-likeness (QED) is 0.547. The number of aromatic nitrogens is 2. The molecule has 1 atom stereocenters. The molecular weight excluding hydrogens is 232 g/mol. The molecule has 0 bridgehead atoms. The molecule has 0 aliphatic rings. The van der Waals surface area contributed by atoms with Crippen LogP contribution in [0.5, 0.6) is 0 Å². The van der Waals surface area contributed by atoms with E-state index in [0.717, 1.165) is 11.1 Å². The van der Waals surface area contributed by atoms with Gasteiger partial charge in [0.05, 0.1) is 17.8 Å². The Morgan fingerprint density at radius 2 is 2.24 bits per heavy atom. The molecule has 1 unspecified atom stereocenters. The van der Waals surface area contributed by atoms with Gasteiger partial charge in [0.25, 0.3) is 0 Å². The lowest BCUT2D eigenvalue weighted by Gasteiger charge is -2.12. The monoisotopic (exact) mass is 244 g/mol. The fraction of sp³-hybridized carbons (Fsp3) is 0.0833. The van der Waals surface area contributed by atoms with E-state index in [0.29, 0.717) is 0 Å². The number of pyridine rings is 1. The molecule has 0 aliphatic carbocycles. The number of fused-ring (bicyclic) bond motifs is 1. The second-order valence-corrected chi connectivity index (χ2v) is 4.72. The minimum absolute atomic E-state index is 0.00472. The minimum Gasteiger partial charge on any atom is -0.271 e. The van der Waals surface area contributed by atoms with Gasteiger partial charge >= 0.3 is 0 Å². The Bertz CT molecular complexity index is 614. The Hall–Kier alpha value is -1.69. The van der Waals surface area contributed by atoms with Crippen LogP contribution >= 0.6 is 11.3 Å². The maximum atomic E-state index is 5.67. The molecule has 0 saturated carbocycles. The maximum Gasteiger partial charge on any atom is 0.0839 e. The molecule has 0 saturated heterocycles. The molecule has 0 aliphatic heterocycles. The fourth-order valence-corrected chi connectivity index (χ4v) is 2.76. The van der Waals surface area contributed by atoms with Crippen LogP contribution in [0.2, 0.25) is 0 Å². The van der Waals surface area contributed by atoms with Crippen molar-refractivity contribution in [3.8, 4) is 0 Å². The maximum absolute atomic E-state index is 5.67. The molecule has 3 N–H and O–H groups in total. The molecule has 0 fully saturated rings. The van der Waals surface area contributed by atoms with E-state index in [2.05, 4.69) is 16.6 Å². The number of thiophene rings is 1. The number of hydrazine groups is 1. The first-order valence-electron chi connectivity index (χ1n) is 5.32. The fourth-order valence-electron chi connectivity index (χ4n) is 1.96. The van der Waals surface area contributed by atoms with E-state index in [4.69, 9.17) is 5.84 Å². The third-order valence-corrected chi connectivity index (χ3v) is 3.70. The van der Waals surface area contributed by atoms with Gasteiger partial charge in [0.15, 0.2) is 0 Å². The van der Waals surface area contributed by atoms with Gasteiger partial charge in [0.1, 0.15) is 0 Å². The Labute approximate surface area is 103 Å². The van der Waals surface area contributed by atoms with Crippen molar-refractivity contribution in [1.82, 2.24) is 15.0 Å². The average Bonchev–Trinajstić information content (AvgIpc) is 3.01. The highest BCUT2D eigenvalue weighted by Gasteiger charge is 2.17. The topological polar surface area (TPSA) is 55.3 Å². The molecule has 3 aromatic heterocycles. The third kappa shape index (κ3) is 1.74. The summed E-state index contributed by atoms with van der Waals surface area (Å²) in [6.07, 6.45) is 3.79. The number of hydrogen-bond donors (Lipinski definition) is 2. The van der Waals surface area contributed by atoms with Crippen LogP contribution in [0.15, 0.2) is 48.1 Å². The molecule has 3 heterocycles. The van der Waals surface area contributed by atoms with E-state index in [-0.39, 0.29) is 6.04 Å². The van der Waals surface area contributed by atoms with E-state index in [1.165, 1.54) is 4.88 Å². The summed E-state index contributed by atoms with van der Waals surface area (Å²) < 4.78 is 1.85. The summed E-state index contributed by atoms with van der Waals surface area (Å²) in [7, 11) is 0. The third-order valence-electron chi connectivity index (χ3n) is 2.76. The average molecular weight is 244 g/mol. The minimum atomic E-state index is -0.00472. The molecule has 5 heteroatoms. The van der Waals surface area contributed by atoms with Crippen molar-refractivity contribution in [1.29, 1.82) is 0 Å². The Morgan fingerprint density at radius 1 is 1.29 bits per heavy atom. The second kappa shape index (κ2) is 4.29. The Morgan fingerprint density at radius 3 is 3.00 bits per heavy atom. The number of hydrogen-bond acceptors (Lipinski definition) is 4. The standard InChI is InChI=1S/C12H12N4S/c13-15-12(11-5-3-7-17-11)9-8-14-16-6-2-1-4-10(9)16/h1-8,12,15H,13H2. The molecule has 0 spiro atoms. The van der Waals surface area contributed by atoms with Crippen molar-refractivity contribution in [2.24, 2.45) is 5.84 Å². The summed E-state index contributed by atoms with van der Waals surface area (Å²) in [6.45, 7) is 0. The first-order chi connectivity index (χ1) is 8.40. The van der Waals surface area contributed by atoms with Crippen molar-refractivity contribution < 1.29 is 0 Å². The highest BCUT2D eigenvalue weighted by atomic mass is 32.1. The molecule has 0 aromatic carbocycles. The van der Waals surface area contributed by atoms with Crippen LogP contribution in [0, 0.1) is 0 Å². The molecule has 3 rings (SSSR count). The summed E-state index contributed by atoms with van der Waals surface area (Å²) in [5, 5.41) is 6.37. The van der Waals surface area contributed by atoms with E-state index in [1.54, 1.807) is 11.3 Å². The van der Waals surface area contributed by atoms with Crippen LogP contribution in [0.1, 0.15) is 16.5 Å². The zero-order valence-corrected chi connectivity index (χ0v) is 9.89. The van der Waals surface area contributed by atoms with Gasteiger partial charge in [-0.1, -0.05) is 12.1 Å². The molecule has 86 valence electrons. The predicted molar refractivity (Wildman–Crippen MR) is 68.7 cm³/mol. The van der Waals surface area contributed by atoms with Gasteiger partial charge in [-0.25, -0.2) is 9.94 Å². The van der Waals surface area contributed by atoms with Crippen molar-refractivity contribution in [2.75, 3.05) is 0 Å². The molecular formula is C12H12N4S. The van der Waals surface area contributed by atoms with Crippen molar-refractivity contribution in [2.45, 2.75) is 6.04 Å². The van der Waals surface area contributed by atoms with Gasteiger partial charge in [-0.15, -0.1) is 11.3 Å². The van der Waals surface area contributed by atoms with Crippen molar-refractivity contribution >= 4 is 16.9 Å². The van der Waals surface area contributed by atoms with Gasteiger partial charge in [-0.05, 0) is 23.6 Å². The highest BCUT2D eigenvalue weighted by molar-refractivity contribution is 7.10. The number of nitrogens with two attached hydrogens (primary N) is 1. The summed E-state index contributed by atoms with van der Waals surface area (Å²) in [5.74, 6) is 5.67. The van der Waals surface area contributed by atoms with E-state index >= 15 is 0 Å². The zero-order chi connectivity index (χ0) is 11.7.